The van der Waals surface area contributed by atoms with Gasteiger partial charge in [0.1, 0.15) is 5.82 Å². The van der Waals surface area contributed by atoms with Crippen molar-refractivity contribution < 1.29 is 4.79 Å². The first-order chi connectivity index (χ1) is 12.2. The number of rotatable bonds is 3. The Morgan fingerprint density at radius 2 is 2.00 bits per heavy atom. The van der Waals surface area contributed by atoms with Crippen LogP contribution in [0.4, 0.5) is 0 Å². The molecule has 0 atom stereocenters. The average Bonchev–Trinajstić information content (AvgIpc) is 3.32. The summed E-state index contributed by atoms with van der Waals surface area (Å²) in [5, 5.41) is 0. The number of hydrogen-bond acceptors (Lipinski definition) is 3. The lowest BCUT2D eigenvalue weighted by molar-refractivity contribution is 0.0716. The molecular weight excluding hydrogens is 330 g/mol. The van der Waals surface area contributed by atoms with Crippen LogP contribution in [0.15, 0.2) is 48.8 Å². The number of benzene rings is 1. The molecule has 0 radical (unpaired) electrons. The molecule has 0 unspecified atom stereocenters. The molecular formula is C20H21N3OS. The number of nitrogens with one attached hydrogen (secondary N) is 1. The van der Waals surface area contributed by atoms with Crippen molar-refractivity contribution in [3.05, 3.63) is 65.1 Å². The molecule has 4 rings (SSSR count). The lowest BCUT2D eigenvalue weighted by Gasteiger charge is -2.30. The number of H-pyrrole nitrogens is 1. The van der Waals surface area contributed by atoms with E-state index in [1.165, 1.54) is 16.0 Å². The topological polar surface area (TPSA) is 49.0 Å². The number of aromatic nitrogens is 2. The third kappa shape index (κ3) is 3.24. The molecule has 25 heavy (non-hydrogen) atoms. The molecule has 128 valence electrons. The van der Waals surface area contributed by atoms with E-state index in [1.807, 2.05) is 35.4 Å². The summed E-state index contributed by atoms with van der Waals surface area (Å²) in [6.45, 7) is 3.67. The highest BCUT2D eigenvalue weighted by Gasteiger charge is 2.27. The first-order valence-corrected chi connectivity index (χ1v) is 9.48. The molecule has 1 saturated heterocycles. The van der Waals surface area contributed by atoms with Crippen molar-refractivity contribution in [3.8, 4) is 10.4 Å². The van der Waals surface area contributed by atoms with Crippen molar-refractivity contribution in [1.29, 1.82) is 0 Å². The first kappa shape index (κ1) is 16.1. The standard InChI is InChI=1S/C20H21N3OS/c1-14-13-17(25-18(14)15-5-3-2-4-6-15)20(24)23-11-7-16(8-12-23)19-21-9-10-22-19/h2-6,9-10,13,16H,7-8,11-12H2,1H3,(H,21,22). The minimum Gasteiger partial charge on any atom is -0.348 e. The van der Waals surface area contributed by atoms with Gasteiger partial charge in [0.2, 0.25) is 0 Å². The van der Waals surface area contributed by atoms with Gasteiger partial charge in [-0.2, -0.15) is 0 Å². The number of carbonyl (C=O) groups is 1. The molecule has 2 aromatic heterocycles. The Morgan fingerprint density at radius 3 is 2.68 bits per heavy atom. The molecule has 1 aromatic carbocycles. The number of imidazole rings is 1. The Kier molecular flexibility index (Phi) is 4.40. The van der Waals surface area contributed by atoms with E-state index in [0.717, 1.165) is 36.6 Å². The van der Waals surface area contributed by atoms with Gasteiger partial charge in [0.25, 0.3) is 5.91 Å². The predicted molar refractivity (Wildman–Crippen MR) is 101 cm³/mol. The van der Waals surface area contributed by atoms with Gasteiger partial charge in [0.15, 0.2) is 0 Å². The molecule has 3 aromatic rings. The fourth-order valence-electron chi connectivity index (χ4n) is 3.48. The average molecular weight is 351 g/mol. The van der Waals surface area contributed by atoms with Crippen molar-refractivity contribution in [3.63, 3.8) is 0 Å². The number of thiophene rings is 1. The fraction of sp³-hybridized carbons (Fsp3) is 0.300. The largest absolute Gasteiger partial charge is 0.348 e. The molecule has 3 heterocycles. The number of amides is 1. The summed E-state index contributed by atoms with van der Waals surface area (Å²) in [6, 6.07) is 12.3. The summed E-state index contributed by atoms with van der Waals surface area (Å²) in [5.41, 5.74) is 2.35. The number of aryl methyl sites for hydroxylation is 1. The van der Waals surface area contributed by atoms with Crippen LogP contribution < -0.4 is 0 Å². The molecule has 0 bridgehead atoms. The molecule has 1 aliphatic heterocycles. The molecule has 0 spiro atoms. The van der Waals surface area contributed by atoms with Crippen LogP contribution >= 0.6 is 11.3 Å². The Bertz CT molecular complexity index is 846. The highest BCUT2D eigenvalue weighted by Crippen LogP contribution is 2.34. The summed E-state index contributed by atoms with van der Waals surface area (Å²) >= 11 is 1.60. The zero-order chi connectivity index (χ0) is 17.2. The van der Waals surface area contributed by atoms with Crippen LogP contribution in [0.1, 0.15) is 39.8 Å². The number of hydrogen-bond donors (Lipinski definition) is 1. The number of carbonyl (C=O) groups excluding carboxylic acids is 1. The number of piperidine rings is 1. The van der Waals surface area contributed by atoms with Crippen LogP contribution in [-0.2, 0) is 0 Å². The van der Waals surface area contributed by atoms with Gasteiger partial charge in [0, 0.05) is 36.3 Å². The second-order valence-electron chi connectivity index (χ2n) is 6.53. The second-order valence-corrected chi connectivity index (χ2v) is 7.58. The highest BCUT2D eigenvalue weighted by molar-refractivity contribution is 7.17. The van der Waals surface area contributed by atoms with Crippen molar-refractivity contribution in [2.24, 2.45) is 0 Å². The maximum atomic E-state index is 12.9. The van der Waals surface area contributed by atoms with Crippen molar-refractivity contribution in [2.45, 2.75) is 25.7 Å². The molecule has 0 saturated carbocycles. The van der Waals surface area contributed by atoms with Gasteiger partial charge in [-0.1, -0.05) is 30.3 Å². The van der Waals surface area contributed by atoms with Crippen LogP contribution in [0, 0.1) is 6.92 Å². The normalized spacial score (nSPS) is 15.5. The quantitative estimate of drug-likeness (QED) is 0.757. The lowest BCUT2D eigenvalue weighted by Crippen LogP contribution is -2.37. The van der Waals surface area contributed by atoms with E-state index in [9.17, 15) is 4.79 Å². The summed E-state index contributed by atoms with van der Waals surface area (Å²) in [5.74, 6) is 1.64. The maximum Gasteiger partial charge on any atom is 0.263 e. The molecule has 1 fully saturated rings. The molecule has 1 amide bonds. The van der Waals surface area contributed by atoms with Gasteiger partial charge >= 0.3 is 0 Å². The Balaban J connectivity index is 1.47. The Morgan fingerprint density at radius 1 is 1.24 bits per heavy atom. The third-order valence-electron chi connectivity index (χ3n) is 4.85. The van der Waals surface area contributed by atoms with Crippen molar-refractivity contribution in [1.82, 2.24) is 14.9 Å². The van der Waals surface area contributed by atoms with Crippen LogP contribution in [0.5, 0.6) is 0 Å². The Labute approximate surface area is 151 Å². The molecule has 5 heteroatoms. The van der Waals surface area contributed by atoms with Gasteiger partial charge in [0.05, 0.1) is 4.88 Å². The molecule has 0 aliphatic carbocycles. The Hall–Kier alpha value is -2.40. The number of nitrogens with zero attached hydrogens (tertiary/aromatic N) is 2. The second kappa shape index (κ2) is 6.84. The SMILES string of the molecule is Cc1cc(C(=O)N2CCC(c3ncc[nH]3)CC2)sc1-c1ccccc1. The van der Waals surface area contributed by atoms with Crippen LogP contribution in [0.25, 0.3) is 10.4 Å². The first-order valence-electron chi connectivity index (χ1n) is 8.67. The summed E-state index contributed by atoms with van der Waals surface area (Å²) in [4.78, 5) is 24.5. The van der Waals surface area contributed by atoms with Crippen molar-refractivity contribution in [2.75, 3.05) is 13.1 Å². The predicted octanol–water partition coefficient (Wildman–Crippen LogP) is 4.47. The van der Waals surface area contributed by atoms with E-state index in [-0.39, 0.29) is 5.91 Å². The summed E-state index contributed by atoms with van der Waals surface area (Å²) in [6.07, 6.45) is 5.60. The van der Waals surface area contributed by atoms with E-state index in [1.54, 1.807) is 17.5 Å². The minimum absolute atomic E-state index is 0.160. The zero-order valence-electron chi connectivity index (χ0n) is 14.2. The van der Waals surface area contributed by atoms with Crippen LogP contribution in [0.2, 0.25) is 0 Å². The maximum absolute atomic E-state index is 12.9. The van der Waals surface area contributed by atoms with Crippen LogP contribution in [-0.4, -0.2) is 33.9 Å². The smallest absolute Gasteiger partial charge is 0.263 e. The van der Waals surface area contributed by atoms with Gasteiger partial charge < -0.3 is 9.88 Å². The van der Waals surface area contributed by atoms with Gasteiger partial charge in [-0.25, -0.2) is 4.98 Å². The number of aromatic amines is 1. The van der Waals surface area contributed by atoms with E-state index in [0.29, 0.717) is 5.92 Å². The van der Waals surface area contributed by atoms with Gasteiger partial charge in [-0.15, -0.1) is 11.3 Å². The summed E-state index contributed by atoms with van der Waals surface area (Å²) in [7, 11) is 0. The van der Waals surface area contributed by atoms with Gasteiger partial charge in [-0.3, -0.25) is 4.79 Å². The monoisotopic (exact) mass is 351 g/mol. The molecule has 1 N–H and O–H groups in total. The number of likely N-dealkylation sites (tertiary alicyclic amines) is 1. The summed E-state index contributed by atoms with van der Waals surface area (Å²) < 4.78 is 0. The van der Waals surface area contributed by atoms with Crippen LogP contribution in [0.3, 0.4) is 0 Å². The van der Waals surface area contributed by atoms with E-state index in [2.05, 4.69) is 29.0 Å². The fourth-order valence-corrected chi connectivity index (χ4v) is 4.62. The molecule has 4 nitrogen and oxygen atoms in total. The van der Waals surface area contributed by atoms with E-state index in [4.69, 9.17) is 0 Å². The molecule has 1 aliphatic rings. The lowest BCUT2D eigenvalue weighted by atomic mass is 9.96. The van der Waals surface area contributed by atoms with Crippen molar-refractivity contribution >= 4 is 17.2 Å². The highest BCUT2D eigenvalue weighted by atomic mass is 32.1. The van der Waals surface area contributed by atoms with E-state index >= 15 is 0 Å². The van der Waals surface area contributed by atoms with Gasteiger partial charge in [-0.05, 0) is 37.0 Å². The van der Waals surface area contributed by atoms with E-state index < -0.39 is 0 Å². The minimum atomic E-state index is 0.160. The third-order valence-corrected chi connectivity index (χ3v) is 6.13. The zero-order valence-corrected chi connectivity index (χ0v) is 15.1.